The summed E-state index contributed by atoms with van der Waals surface area (Å²) in [5.74, 6) is 1.22. The summed E-state index contributed by atoms with van der Waals surface area (Å²) in [6, 6.07) is 4.47. The van der Waals surface area contributed by atoms with Crippen LogP contribution >= 0.6 is 0 Å². The van der Waals surface area contributed by atoms with Gasteiger partial charge in [0, 0.05) is 17.0 Å². The van der Waals surface area contributed by atoms with Crippen LogP contribution in [0.25, 0.3) is 0 Å². The predicted octanol–water partition coefficient (Wildman–Crippen LogP) is 4.44. The molecule has 2 nitrogen and oxygen atoms in total. The van der Waals surface area contributed by atoms with E-state index < -0.39 is 0 Å². The molecule has 0 aromatic heterocycles. The maximum absolute atomic E-state index is 13.5. The highest BCUT2D eigenvalue weighted by Gasteiger charge is 2.62. The van der Waals surface area contributed by atoms with Crippen LogP contribution in [-0.4, -0.2) is 6.10 Å². The van der Waals surface area contributed by atoms with Crippen LogP contribution in [-0.2, 0) is 0 Å². The Kier molecular flexibility index (Phi) is 3.32. The van der Waals surface area contributed by atoms with Gasteiger partial charge in [-0.3, -0.25) is 0 Å². The van der Waals surface area contributed by atoms with E-state index in [4.69, 9.17) is 10.5 Å². The summed E-state index contributed by atoms with van der Waals surface area (Å²) in [6.45, 7) is 8.95. The molecule has 2 aliphatic carbocycles. The minimum atomic E-state index is -0.255. The molecule has 1 aromatic carbocycles. The van der Waals surface area contributed by atoms with E-state index >= 15 is 0 Å². The molecule has 2 fully saturated rings. The summed E-state index contributed by atoms with van der Waals surface area (Å²) in [5, 5.41) is 0. The smallest absolute Gasteiger partial charge is 0.124 e. The summed E-state index contributed by atoms with van der Waals surface area (Å²) in [5.41, 5.74) is 7.24. The van der Waals surface area contributed by atoms with Crippen LogP contribution in [0.4, 0.5) is 4.39 Å². The van der Waals surface area contributed by atoms with Crippen LogP contribution in [0.1, 0.15) is 58.6 Å². The number of hydrogen-bond donors (Lipinski definition) is 1. The minimum absolute atomic E-state index is 0.196. The van der Waals surface area contributed by atoms with Gasteiger partial charge in [-0.1, -0.05) is 20.8 Å². The van der Waals surface area contributed by atoms with E-state index in [-0.39, 0.29) is 23.4 Å². The minimum Gasteiger partial charge on any atom is -0.489 e. The maximum atomic E-state index is 13.5. The van der Waals surface area contributed by atoms with Gasteiger partial charge in [-0.25, -0.2) is 4.39 Å². The van der Waals surface area contributed by atoms with Gasteiger partial charge in [-0.2, -0.15) is 0 Å². The van der Waals surface area contributed by atoms with Gasteiger partial charge in [-0.05, 0) is 55.7 Å². The van der Waals surface area contributed by atoms with Crippen LogP contribution in [0.3, 0.4) is 0 Å². The fourth-order valence-electron chi connectivity index (χ4n) is 4.44. The van der Waals surface area contributed by atoms with Crippen molar-refractivity contribution in [3.05, 3.63) is 29.6 Å². The van der Waals surface area contributed by atoms with Gasteiger partial charge < -0.3 is 10.5 Å². The molecule has 0 radical (unpaired) electrons. The number of hydrogen-bond acceptors (Lipinski definition) is 2. The van der Waals surface area contributed by atoms with Gasteiger partial charge in [0.1, 0.15) is 17.7 Å². The second kappa shape index (κ2) is 4.70. The summed E-state index contributed by atoms with van der Waals surface area (Å²) in [4.78, 5) is 0. The topological polar surface area (TPSA) is 35.2 Å². The Morgan fingerprint density at radius 1 is 1.33 bits per heavy atom. The summed E-state index contributed by atoms with van der Waals surface area (Å²) in [6.07, 6.45) is 3.81. The second-order valence-electron chi connectivity index (χ2n) is 7.69. The summed E-state index contributed by atoms with van der Waals surface area (Å²) in [7, 11) is 0. The molecule has 0 aliphatic heterocycles. The lowest BCUT2D eigenvalue weighted by atomic mass is 9.70. The van der Waals surface area contributed by atoms with E-state index in [1.807, 2.05) is 6.92 Å². The third kappa shape index (κ3) is 2.09. The SMILES string of the molecule is C[C@H](N)c1cc(F)ccc1OC1CC2CCC1(C)C2(C)C. The third-order valence-corrected chi connectivity index (χ3v) is 6.45. The fourth-order valence-corrected chi connectivity index (χ4v) is 4.44. The van der Waals surface area contributed by atoms with Crippen molar-refractivity contribution in [2.75, 3.05) is 0 Å². The lowest BCUT2D eigenvalue weighted by Crippen LogP contribution is -2.39. The number of fused-ring (bicyclic) bond motifs is 2. The Bertz CT molecular complexity index is 554. The van der Waals surface area contributed by atoms with Crippen LogP contribution in [0.2, 0.25) is 0 Å². The molecule has 2 bridgehead atoms. The van der Waals surface area contributed by atoms with Crippen molar-refractivity contribution in [2.45, 2.75) is 59.1 Å². The Morgan fingerprint density at radius 3 is 2.57 bits per heavy atom. The van der Waals surface area contributed by atoms with E-state index in [1.165, 1.54) is 25.0 Å². The molecule has 3 unspecified atom stereocenters. The van der Waals surface area contributed by atoms with Crippen LogP contribution in [0.5, 0.6) is 5.75 Å². The van der Waals surface area contributed by atoms with Crippen molar-refractivity contribution >= 4 is 0 Å². The lowest BCUT2D eigenvalue weighted by Gasteiger charge is -2.39. The van der Waals surface area contributed by atoms with Crippen LogP contribution < -0.4 is 10.5 Å². The molecule has 2 aliphatic rings. The molecular weight excluding hydrogens is 265 g/mol. The van der Waals surface area contributed by atoms with Crippen molar-refractivity contribution in [1.82, 2.24) is 0 Å². The Hall–Kier alpha value is -1.09. The van der Waals surface area contributed by atoms with Gasteiger partial charge in [0.2, 0.25) is 0 Å². The average Bonchev–Trinajstić information content (AvgIpc) is 2.73. The number of rotatable bonds is 3. The molecule has 0 spiro atoms. The highest BCUT2D eigenvalue weighted by Crippen LogP contribution is 2.66. The zero-order chi connectivity index (χ0) is 15.4. The third-order valence-electron chi connectivity index (χ3n) is 6.45. The second-order valence-corrected chi connectivity index (χ2v) is 7.69. The molecule has 3 heteroatoms. The molecule has 0 amide bonds. The zero-order valence-corrected chi connectivity index (χ0v) is 13.4. The Morgan fingerprint density at radius 2 is 2.05 bits per heavy atom. The van der Waals surface area contributed by atoms with Gasteiger partial charge in [0.05, 0.1) is 0 Å². The molecule has 1 aromatic rings. The first kappa shape index (κ1) is 14.8. The fraction of sp³-hybridized carbons (Fsp3) is 0.667. The summed E-state index contributed by atoms with van der Waals surface area (Å²) >= 11 is 0. The largest absolute Gasteiger partial charge is 0.489 e. The lowest BCUT2D eigenvalue weighted by molar-refractivity contribution is 0.0293. The zero-order valence-electron chi connectivity index (χ0n) is 13.4. The van der Waals surface area contributed by atoms with Crippen LogP contribution in [0, 0.1) is 22.6 Å². The number of benzene rings is 1. The normalized spacial score (nSPS) is 35.0. The molecular formula is C18H26FNO. The van der Waals surface area contributed by atoms with Gasteiger partial charge in [-0.15, -0.1) is 0 Å². The Labute approximate surface area is 126 Å². The molecule has 116 valence electrons. The quantitative estimate of drug-likeness (QED) is 0.893. The predicted molar refractivity (Wildman–Crippen MR) is 82.6 cm³/mol. The highest BCUT2D eigenvalue weighted by molar-refractivity contribution is 5.36. The molecule has 0 saturated heterocycles. The number of nitrogens with two attached hydrogens (primary N) is 1. The molecule has 3 rings (SSSR count). The van der Waals surface area contributed by atoms with Crippen molar-refractivity contribution in [1.29, 1.82) is 0 Å². The van der Waals surface area contributed by atoms with E-state index in [0.717, 1.165) is 23.7 Å². The Balaban J connectivity index is 1.89. The first-order chi connectivity index (χ1) is 9.75. The van der Waals surface area contributed by atoms with Crippen molar-refractivity contribution in [3.8, 4) is 5.75 Å². The van der Waals surface area contributed by atoms with Crippen molar-refractivity contribution in [3.63, 3.8) is 0 Å². The molecule has 2 saturated carbocycles. The number of ether oxygens (including phenoxy) is 1. The van der Waals surface area contributed by atoms with Gasteiger partial charge >= 0.3 is 0 Å². The molecule has 0 heterocycles. The van der Waals surface area contributed by atoms with Crippen molar-refractivity contribution in [2.24, 2.45) is 22.5 Å². The maximum Gasteiger partial charge on any atom is 0.124 e. The molecule has 21 heavy (non-hydrogen) atoms. The van der Waals surface area contributed by atoms with E-state index in [2.05, 4.69) is 20.8 Å². The number of halogens is 1. The molecule has 4 atom stereocenters. The average molecular weight is 291 g/mol. The van der Waals surface area contributed by atoms with E-state index in [0.29, 0.717) is 5.41 Å². The van der Waals surface area contributed by atoms with Gasteiger partial charge in [0.15, 0.2) is 0 Å². The standard InChI is InChI=1S/C18H26FNO/c1-11(20)14-10-13(19)5-6-15(14)21-16-9-12-7-8-18(16,4)17(12,2)3/h5-6,10-12,16H,7-9,20H2,1-4H3/t11-,12?,16?,18?/m0/s1. The van der Waals surface area contributed by atoms with Crippen molar-refractivity contribution < 1.29 is 9.13 Å². The van der Waals surface area contributed by atoms with Crippen LogP contribution in [0.15, 0.2) is 18.2 Å². The summed E-state index contributed by atoms with van der Waals surface area (Å²) < 4.78 is 19.8. The highest BCUT2D eigenvalue weighted by atomic mass is 19.1. The monoisotopic (exact) mass is 291 g/mol. The first-order valence-electron chi connectivity index (χ1n) is 7.97. The van der Waals surface area contributed by atoms with E-state index in [9.17, 15) is 4.39 Å². The van der Waals surface area contributed by atoms with Gasteiger partial charge in [0.25, 0.3) is 0 Å². The van der Waals surface area contributed by atoms with E-state index in [1.54, 1.807) is 6.07 Å². The molecule has 2 N–H and O–H groups in total. The first-order valence-corrected chi connectivity index (χ1v) is 7.97.